The standard InChI is InChI=1S/C15H13FN2O2/c16-13-5-10(7-17-8-13)9-18-4-3-11-6-12(15(19)20)1-2-14(11)18/h1-2,5-8H,3-4,9H2,(H,19,20). The molecule has 102 valence electrons. The summed E-state index contributed by atoms with van der Waals surface area (Å²) in [4.78, 5) is 16.9. The van der Waals surface area contributed by atoms with E-state index in [1.807, 2.05) is 6.07 Å². The molecule has 1 aliphatic heterocycles. The van der Waals surface area contributed by atoms with Gasteiger partial charge in [0, 0.05) is 25.0 Å². The summed E-state index contributed by atoms with van der Waals surface area (Å²) in [6, 6.07) is 6.60. The van der Waals surface area contributed by atoms with E-state index in [1.165, 1.54) is 12.3 Å². The quantitative estimate of drug-likeness (QED) is 0.932. The molecule has 0 aliphatic carbocycles. The molecule has 0 spiro atoms. The molecule has 0 saturated heterocycles. The van der Waals surface area contributed by atoms with Crippen molar-refractivity contribution in [1.29, 1.82) is 0 Å². The molecule has 0 unspecified atom stereocenters. The fourth-order valence-electron chi connectivity index (χ4n) is 2.53. The minimum Gasteiger partial charge on any atom is -0.478 e. The van der Waals surface area contributed by atoms with E-state index in [2.05, 4.69) is 9.88 Å². The maximum absolute atomic E-state index is 13.1. The molecule has 3 rings (SSSR count). The number of halogens is 1. The molecule has 2 aromatic rings. The topological polar surface area (TPSA) is 53.4 Å². The van der Waals surface area contributed by atoms with Crippen molar-refractivity contribution in [2.75, 3.05) is 11.4 Å². The van der Waals surface area contributed by atoms with Crippen LogP contribution in [0.2, 0.25) is 0 Å². The molecule has 20 heavy (non-hydrogen) atoms. The molecular formula is C15H13FN2O2. The summed E-state index contributed by atoms with van der Waals surface area (Å²) < 4.78 is 13.1. The first-order chi connectivity index (χ1) is 9.63. The van der Waals surface area contributed by atoms with E-state index in [0.29, 0.717) is 12.1 Å². The highest BCUT2D eigenvalue weighted by atomic mass is 19.1. The van der Waals surface area contributed by atoms with Crippen LogP contribution >= 0.6 is 0 Å². The SMILES string of the molecule is O=C(O)c1ccc2c(c1)CCN2Cc1cncc(F)c1. The summed E-state index contributed by atoms with van der Waals surface area (Å²) in [6.45, 7) is 1.37. The molecule has 0 amide bonds. The van der Waals surface area contributed by atoms with Gasteiger partial charge >= 0.3 is 5.97 Å². The molecular weight excluding hydrogens is 259 g/mol. The van der Waals surface area contributed by atoms with Gasteiger partial charge in [-0.15, -0.1) is 0 Å². The summed E-state index contributed by atoms with van der Waals surface area (Å²) in [5.41, 5.74) is 3.15. The molecule has 0 atom stereocenters. The van der Waals surface area contributed by atoms with Crippen LogP contribution in [0.5, 0.6) is 0 Å². The second-order valence-electron chi connectivity index (χ2n) is 4.83. The zero-order chi connectivity index (χ0) is 14.1. The van der Waals surface area contributed by atoms with Gasteiger partial charge in [0.15, 0.2) is 0 Å². The Balaban J connectivity index is 1.84. The van der Waals surface area contributed by atoms with Crippen molar-refractivity contribution in [3.8, 4) is 0 Å². The van der Waals surface area contributed by atoms with E-state index in [-0.39, 0.29) is 5.82 Å². The molecule has 5 heteroatoms. The summed E-state index contributed by atoms with van der Waals surface area (Å²) in [7, 11) is 0. The van der Waals surface area contributed by atoms with Crippen molar-refractivity contribution >= 4 is 11.7 Å². The second kappa shape index (κ2) is 4.92. The molecule has 4 nitrogen and oxygen atoms in total. The first-order valence-electron chi connectivity index (χ1n) is 6.34. The number of aromatic nitrogens is 1. The molecule has 0 radical (unpaired) electrons. The van der Waals surface area contributed by atoms with Gasteiger partial charge in [0.25, 0.3) is 0 Å². The Hall–Kier alpha value is -2.43. The lowest BCUT2D eigenvalue weighted by atomic mass is 10.1. The Morgan fingerprint density at radius 1 is 1.35 bits per heavy atom. The molecule has 1 aliphatic rings. The normalized spacial score (nSPS) is 13.3. The number of hydrogen-bond acceptors (Lipinski definition) is 3. The monoisotopic (exact) mass is 272 g/mol. The molecule has 0 saturated carbocycles. The van der Waals surface area contributed by atoms with Gasteiger partial charge in [-0.05, 0) is 41.8 Å². The van der Waals surface area contributed by atoms with Crippen molar-refractivity contribution < 1.29 is 14.3 Å². The second-order valence-corrected chi connectivity index (χ2v) is 4.83. The van der Waals surface area contributed by atoms with Crippen LogP contribution in [0, 0.1) is 5.82 Å². The largest absolute Gasteiger partial charge is 0.478 e. The number of rotatable bonds is 3. The first-order valence-corrected chi connectivity index (χ1v) is 6.34. The van der Waals surface area contributed by atoms with Crippen molar-refractivity contribution in [1.82, 2.24) is 4.98 Å². The fraction of sp³-hybridized carbons (Fsp3) is 0.200. The maximum atomic E-state index is 13.1. The minimum absolute atomic E-state index is 0.304. The maximum Gasteiger partial charge on any atom is 0.335 e. The number of aromatic carboxylic acids is 1. The highest BCUT2D eigenvalue weighted by Crippen LogP contribution is 2.30. The lowest BCUT2D eigenvalue weighted by molar-refractivity contribution is 0.0697. The molecule has 0 fully saturated rings. The van der Waals surface area contributed by atoms with Crippen LogP contribution in [-0.4, -0.2) is 22.6 Å². The number of carbonyl (C=O) groups is 1. The summed E-state index contributed by atoms with van der Waals surface area (Å²) >= 11 is 0. The predicted molar refractivity (Wildman–Crippen MR) is 72.4 cm³/mol. The highest BCUT2D eigenvalue weighted by Gasteiger charge is 2.20. The predicted octanol–water partition coefficient (Wildman–Crippen LogP) is 2.48. The van der Waals surface area contributed by atoms with E-state index >= 15 is 0 Å². The van der Waals surface area contributed by atoms with Gasteiger partial charge in [-0.25, -0.2) is 9.18 Å². The van der Waals surface area contributed by atoms with E-state index in [1.54, 1.807) is 18.3 Å². The Kier molecular flexibility index (Phi) is 3.10. The Bertz CT molecular complexity index is 673. The number of carboxylic acid groups (broad SMARTS) is 1. The van der Waals surface area contributed by atoms with Gasteiger partial charge in [-0.3, -0.25) is 4.98 Å². The van der Waals surface area contributed by atoms with Crippen LogP contribution in [0.1, 0.15) is 21.5 Å². The van der Waals surface area contributed by atoms with Gasteiger partial charge in [0.2, 0.25) is 0 Å². The lowest BCUT2D eigenvalue weighted by Crippen LogP contribution is -2.19. The van der Waals surface area contributed by atoms with Crippen LogP contribution < -0.4 is 4.90 Å². The molecule has 2 heterocycles. The Labute approximate surface area is 115 Å². The van der Waals surface area contributed by atoms with Crippen molar-refractivity contribution in [3.05, 3.63) is 59.2 Å². The van der Waals surface area contributed by atoms with E-state index in [4.69, 9.17) is 5.11 Å². The van der Waals surface area contributed by atoms with Crippen LogP contribution in [0.4, 0.5) is 10.1 Å². The van der Waals surface area contributed by atoms with Crippen molar-refractivity contribution in [3.63, 3.8) is 0 Å². The first kappa shape index (κ1) is 12.6. The van der Waals surface area contributed by atoms with Crippen LogP contribution in [0.15, 0.2) is 36.7 Å². The summed E-state index contributed by atoms with van der Waals surface area (Å²) in [5.74, 6) is -1.26. The average molecular weight is 272 g/mol. The molecule has 0 bridgehead atoms. The number of nitrogens with zero attached hydrogens (tertiary/aromatic N) is 2. The van der Waals surface area contributed by atoms with Crippen LogP contribution in [0.25, 0.3) is 0 Å². The fourth-order valence-corrected chi connectivity index (χ4v) is 2.53. The Morgan fingerprint density at radius 3 is 2.95 bits per heavy atom. The zero-order valence-electron chi connectivity index (χ0n) is 10.7. The van der Waals surface area contributed by atoms with Crippen molar-refractivity contribution in [2.24, 2.45) is 0 Å². The van der Waals surface area contributed by atoms with Gasteiger partial charge < -0.3 is 10.0 Å². The van der Waals surface area contributed by atoms with Crippen molar-refractivity contribution in [2.45, 2.75) is 13.0 Å². The number of fused-ring (bicyclic) bond motifs is 1. The van der Waals surface area contributed by atoms with Crippen LogP contribution in [0.3, 0.4) is 0 Å². The van der Waals surface area contributed by atoms with Crippen LogP contribution in [-0.2, 0) is 13.0 Å². The van der Waals surface area contributed by atoms with Gasteiger partial charge in [-0.1, -0.05) is 0 Å². The molecule has 1 N–H and O–H groups in total. The third-order valence-corrected chi connectivity index (χ3v) is 3.45. The smallest absolute Gasteiger partial charge is 0.335 e. The highest BCUT2D eigenvalue weighted by molar-refractivity contribution is 5.88. The lowest BCUT2D eigenvalue weighted by Gasteiger charge is -2.19. The van der Waals surface area contributed by atoms with E-state index in [9.17, 15) is 9.18 Å². The number of benzene rings is 1. The average Bonchev–Trinajstić information content (AvgIpc) is 2.81. The summed E-state index contributed by atoms with van der Waals surface area (Å²) in [6.07, 6.45) is 3.63. The molecule has 1 aromatic carbocycles. The third kappa shape index (κ3) is 2.34. The summed E-state index contributed by atoms with van der Waals surface area (Å²) in [5, 5.41) is 8.98. The van der Waals surface area contributed by atoms with Gasteiger partial charge in [-0.2, -0.15) is 0 Å². The number of anilines is 1. The minimum atomic E-state index is -0.916. The van der Waals surface area contributed by atoms with E-state index < -0.39 is 5.97 Å². The number of carboxylic acids is 1. The van der Waals surface area contributed by atoms with Gasteiger partial charge in [0.05, 0.1) is 11.8 Å². The Morgan fingerprint density at radius 2 is 2.20 bits per heavy atom. The number of pyridine rings is 1. The number of hydrogen-bond donors (Lipinski definition) is 1. The van der Waals surface area contributed by atoms with Gasteiger partial charge in [0.1, 0.15) is 5.82 Å². The third-order valence-electron chi connectivity index (χ3n) is 3.45. The van der Waals surface area contributed by atoms with E-state index in [0.717, 1.165) is 29.8 Å². The molecule has 1 aromatic heterocycles. The zero-order valence-corrected chi connectivity index (χ0v) is 10.7.